The molecule has 0 spiro atoms. The highest BCUT2D eigenvalue weighted by atomic mass is 32.1. The third-order valence-corrected chi connectivity index (χ3v) is 4.19. The Balaban J connectivity index is 2.98. The van der Waals surface area contributed by atoms with E-state index in [0.717, 1.165) is 17.2 Å². The van der Waals surface area contributed by atoms with Crippen LogP contribution >= 0.6 is 11.3 Å². The molecule has 4 heteroatoms. The molecule has 1 atom stereocenters. The molecule has 1 heterocycles. The van der Waals surface area contributed by atoms with Crippen LogP contribution in [0.1, 0.15) is 50.6 Å². The minimum absolute atomic E-state index is 0.453. The lowest BCUT2D eigenvalue weighted by atomic mass is 10.1. The highest BCUT2D eigenvalue weighted by Gasteiger charge is 2.17. The highest BCUT2D eigenvalue weighted by Crippen LogP contribution is 2.30. The molecule has 0 bridgehead atoms. The third-order valence-electron chi connectivity index (χ3n) is 3.00. The predicted molar refractivity (Wildman–Crippen MR) is 72.3 cm³/mol. The summed E-state index contributed by atoms with van der Waals surface area (Å²) >= 11 is 1.73. The summed E-state index contributed by atoms with van der Waals surface area (Å²) in [5, 5.41) is 1.10. The first kappa shape index (κ1) is 13.5. The summed E-state index contributed by atoms with van der Waals surface area (Å²) in [6.45, 7) is 9.35. The highest BCUT2D eigenvalue weighted by molar-refractivity contribution is 7.15. The van der Waals surface area contributed by atoms with E-state index in [0.29, 0.717) is 18.5 Å². The molecule has 92 valence electrons. The predicted octanol–water partition coefficient (Wildman–Crippen LogP) is 2.96. The average Bonchev–Trinajstić information content (AvgIpc) is 2.70. The van der Waals surface area contributed by atoms with Crippen molar-refractivity contribution in [2.45, 2.75) is 52.6 Å². The molecule has 0 aliphatic heterocycles. The van der Waals surface area contributed by atoms with Crippen LogP contribution in [0.25, 0.3) is 0 Å². The van der Waals surface area contributed by atoms with Crippen molar-refractivity contribution in [2.24, 2.45) is 5.73 Å². The van der Waals surface area contributed by atoms with E-state index < -0.39 is 0 Å². The molecular weight excluding hydrogens is 218 g/mol. The fraction of sp³-hybridized carbons (Fsp3) is 0.750. The van der Waals surface area contributed by atoms with Gasteiger partial charge in [0.1, 0.15) is 0 Å². The Morgan fingerprint density at radius 3 is 2.38 bits per heavy atom. The lowest BCUT2D eigenvalue weighted by molar-refractivity contribution is 0.660. The van der Waals surface area contributed by atoms with Crippen molar-refractivity contribution in [2.75, 3.05) is 11.9 Å². The minimum atomic E-state index is 0.453. The number of nitrogens with two attached hydrogens (primary N) is 1. The average molecular weight is 241 g/mol. The minimum Gasteiger partial charge on any atom is -0.348 e. The van der Waals surface area contributed by atoms with Crippen LogP contribution in [0.5, 0.6) is 0 Å². The van der Waals surface area contributed by atoms with Gasteiger partial charge in [-0.2, -0.15) is 0 Å². The van der Waals surface area contributed by atoms with E-state index >= 15 is 0 Å². The van der Waals surface area contributed by atoms with Crippen LogP contribution in [0.15, 0.2) is 0 Å². The van der Waals surface area contributed by atoms with Crippen molar-refractivity contribution < 1.29 is 0 Å². The Labute approximate surface area is 103 Å². The molecular formula is C12H23N3S. The molecule has 0 aliphatic rings. The van der Waals surface area contributed by atoms with Gasteiger partial charge in [0.05, 0.1) is 5.69 Å². The molecule has 1 rings (SSSR count). The summed E-state index contributed by atoms with van der Waals surface area (Å²) in [6.07, 6.45) is 1.13. The van der Waals surface area contributed by atoms with Gasteiger partial charge in [-0.3, -0.25) is 0 Å². The van der Waals surface area contributed by atoms with Gasteiger partial charge in [0.25, 0.3) is 0 Å². The van der Waals surface area contributed by atoms with Gasteiger partial charge in [-0.05, 0) is 19.3 Å². The fourth-order valence-electron chi connectivity index (χ4n) is 1.56. The molecule has 0 saturated carbocycles. The third kappa shape index (κ3) is 2.74. The molecule has 0 radical (unpaired) electrons. The Bertz CT molecular complexity index is 333. The standard InChI is InChI=1S/C12H23N3S/c1-6-9(4)15(5)12-14-11(8(2)3)10(7-13)16-12/h8-9H,6-7,13H2,1-5H3. The number of thiazole rings is 1. The van der Waals surface area contributed by atoms with Gasteiger partial charge in [-0.15, -0.1) is 11.3 Å². The Morgan fingerprint density at radius 1 is 1.38 bits per heavy atom. The molecule has 16 heavy (non-hydrogen) atoms. The maximum atomic E-state index is 5.76. The zero-order valence-electron chi connectivity index (χ0n) is 10.9. The zero-order valence-corrected chi connectivity index (χ0v) is 11.8. The van der Waals surface area contributed by atoms with Gasteiger partial charge in [-0.25, -0.2) is 4.98 Å². The van der Waals surface area contributed by atoms with Crippen molar-refractivity contribution >= 4 is 16.5 Å². The van der Waals surface area contributed by atoms with E-state index in [2.05, 4.69) is 39.6 Å². The summed E-state index contributed by atoms with van der Waals surface area (Å²) in [4.78, 5) is 8.18. The van der Waals surface area contributed by atoms with E-state index in [-0.39, 0.29) is 0 Å². The Hall–Kier alpha value is -0.610. The van der Waals surface area contributed by atoms with E-state index in [9.17, 15) is 0 Å². The van der Waals surface area contributed by atoms with Crippen LogP contribution in [0.3, 0.4) is 0 Å². The Morgan fingerprint density at radius 2 is 2.00 bits per heavy atom. The SMILES string of the molecule is CCC(C)N(C)c1nc(C(C)C)c(CN)s1. The molecule has 2 N–H and O–H groups in total. The molecule has 1 aromatic rings. The van der Waals surface area contributed by atoms with Crippen molar-refractivity contribution in [3.63, 3.8) is 0 Å². The van der Waals surface area contributed by atoms with Crippen LogP contribution < -0.4 is 10.6 Å². The van der Waals surface area contributed by atoms with Crippen LogP contribution in [-0.4, -0.2) is 18.1 Å². The van der Waals surface area contributed by atoms with Crippen molar-refractivity contribution in [3.8, 4) is 0 Å². The van der Waals surface area contributed by atoms with Crippen LogP contribution in [0.2, 0.25) is 0 Å². The van der Waals surface area contributed by atoms with Gasteiger partial charge in [0.2, 0.25) is 0 Å². The van der Waals surface area contributed by atoms with Crippen molar-refractivity contribution in [1.82, 2.24) is 4.98 Å². The smallest absolute Gasteiger partial charge is 0.185 e. The second-order valence-electron chi connectivity index (χ2n) is 4.53. The zero-order chi connectivity index (χ0) is 12.3. The maximum Gasteiger partial charge on any atom is 0.185 e. The normalized spacial score (nSPS) is 13.2. The fourth-order valence-corrected chi connectivity index (χ4v) is 2.72. The number of hydrogen-bond acceptors (Lipinski definition) is 4. The molecule has 0 fully saturated rings. The molecule has 0 saturated heterocycles. The first-order chi connectivity index (χ1) is 7.51. The summed E-state index contributed by atoms with van der Waals surface area (Å²) in [6, 6.07) is 0.525. The van der Waals surface area contributed by atoms with Crippen molar-refractivity contribution in [1.29, 1.82) is 0 Å². The Kier molecular flexibility index (Phi) is 4.74. The topological polar surface area (TPSA) is 42.2 Å². The van der Waals surface area contributed by atoms with Crippen LogP contribution in [0, 0.1) is 0 Å². The first-order valence-electron chi connectivity index (χ1n) is 5.93. The molecule has 1 aromatic heterocycles. The van der Waals surface area contributed by atoms with Gasteiger partial charge in [0.15, 0.2) is 5.13 Å². The second-order valence-corrected chi connectivity index (χ2v) is 5.59. The largest absolute Gasteiger partial charge is 0.348 e. The summed E-state index contributed by atoms with van der Waals surface area (Å²) in [7, 11) is 2.11. The lowest BCUT2D eigenvalue weighted by Crippen LogP contribution is -2.27. The maximum absolute atomic E-state index is 5.76. The van der Waals surface area contributed by atoms with E-state index in [4.69, 9.17) is 10.7 Å². The van der Waals surface area contributed by atoms with E-state index in [1.807, 2.05) is 0 Å². The quantitative estimate of drug-likeness (QED) is 0.862. The number of hydrogen-bond donors (Lipinski definition) is 1. The lowest BCUT2D eigenvalue weighted by Gasteiger charge is -2.22. The molecule has 1 unspecified atom stereocenters. The number of rotatable bonds is 5. The number of aromatic nitrogens is 1. The molecule has 3 nitrogen and oxygen atoms in total. The molecule has 0 amide bonds. The summed E-state index contributed by atoms with van der Waals surface area (Å²) < 4.78 is 0. The second kappa shape index (κ2) is 5.64. The van der Waals surface area contributed by atoms with Gasteiger partial charge < -0.3 is 10.6 Å². The van der Waals surface area contributed by atoms with Gasteiger partial charge in [0, 0.05) is 24.5 Å². The van der Waals surface area contributed by atoms with E-state index in [1.165, 1.54) is 4.88 Å². The van der Waals surface area contributed by atoms with E-state index in [1.54, 1.807) is 11.3 Å². The van der Waals surface area contributed by atoms with Crippen LogP contribution in [0.4, 0.5) is 5.13 Å². The van der Waals surface area contributed by atoms with Gasteiger partial charge >= 0.3 is 0 Å². The van der Waals surface area contributed by atoms with Crippen LogP contribution in [-0.2, 0) is 6.54 Å². The number of nitrogens with zero attached hydrogens (tertiary/aromatic N) is 2. The monoisotopic (exact) mass is 241 g/mol. The van der Waals surface area contributed by atoms with Crippen molar-refractivity contribution in [3.05, 3.63) is 10.6 Å². The summed E-state index contributed by atoms with van der Waals surface area (Å²) in [5.41, 5.74) is 6.93. The van der Waals surface area contributed by atoms with Gasteiger partial charge in [-0.1, -0.05) is 20.8 Å². The summed E-state index contributed by atoms with van der Waals surface area (Å²) in [5.74, 6) is 0.453. The number of anilines is 1. The molecule has 0 aliphatic carbocycles. The first-order valence-corrected chi connectivity index (χ1v) is 6.75. The molecule has 0 aromatic carbocycles.